The van der Waals surface area contributed by atoms with Gasteiger partial charge in [-0.15, -0.1) is 11.8 Å². The van der Waals surface area contributed by atoms with Gasteiger partial charge in [0, 0.05) is 42.8 Å². The Bertz CT molecular complexity index is 478. The van der Waals surface area contributed by atoms with E-state index in [0.29, 0.717) is 6.54 Å². The lowest BCUT2D eigenvalue weighted by molar-refractivity contribution is -0.124. The zero-order valence-electron chi connectivity index (χ0n) is 12.2. The Kier molecular flexibility index (Phi) is 5.31. The summed E-state index contributed by atoms with van der Waals surface area (Å²) in [6.45, 7) is 2.32. The summed E-state index contributed by atoms with van der Waals surface area (Å²) in [5.41, 5.74) is 8.32. The van der Waals surface area contributed by atoms with E-state index in [1.54, 1.807) is 18.8 Å². The first-order valence-electron chi connectivity index (χ1n) is 7.03. The highest BCUT2D eigenvalue weighted by atomic mass is 32.2. The van der Waals surface area contributed by atoms with Crippen LogP contribution in [0.3, 0.4) is 0 Å². The number of nitrogens with zero attached hydrogens (tertiary/aromatic N) is 1. The van der Waals surface area contributed by atoms with Crippen LogP contribution < -0.4 is 16.0 Å². The van der Waals surface area contributed by atoms with Crippen molar-refractivity contribution in [3.8, 4) is 0 Å². The van der Waals surface area contributed by atoms with Crippen molar-refractivity contribution in [1.29, 1.82) is 0 Å². The largest absolute Gasteiger partial charge is 0.370 e. The van der Waals surface area contributed by atoms with Crippen LogP contribution in [0.4, 0.5) is 5.69 Å². The average Bonchev–Trinajstić information content (AvgIpc) is 2.53. The molecular weight excluding hydrogens is 270 g/mol. The molecule has 1 aromatic carbocycles. The van der Waals surface area contributed by atoms with Gasteiger partial charge in [0.1, 0.15) is 0 Å². The molecule has 3 N–H and O–H groups in total. The first kappa shape index (κ1) is 15.2. The van der Waals surface area contributed by atoms with E-state index in [1.165, 1.54) is 16.1 Å². The van der Waals surface area contributed by atoms with E-state index in [-0.39, 0.29) is 11.8 Å². The summed E-state index contributed by atoms with van der Waals surface area (Å²) in [7, 11) is 1.71. The quantitative estimate of drug-likeness (QED) is 0.832. The van der Waals surface area contributed by atoms with Crippen molar-refractivity contribution in [3.63, 3.8) is 0 Å². The Morgan fingerprint density at radius 2 is 2.35 bits per heavy atom. The predicted molar refractivity (Wildman–Crippen MR) is 85.1 cm³/mol. The number of carbonyl (C=O) groups excluding carboxylic acids is 1. The second-order valence-electron chi connectivity index (χ2n) is 5.06. The molecule has 0 bridgehead atoms. The van der Waals surface area contributed by atoms with Gasteiger partial charge in [-0.1, -0.05) is 6.07 Å². The number of nitrogens with two attached hydrogens (primary N) is 1. The highest BCUT2D eigenvalue weighted by Gasteiger charge is 2.26. The van der Waals surface area contributed by atoms with Crippen LogP contribution in [0.5, 0.6) is 0 Å². The molecule has 0 aliphatic carbocycles. The van der Waals surface area contributed by atoms with Crippen LogP contribution in [0, 0.1) is 5.92 Å². The Balaban J connectivity index is 2.24. The summed E-state index contributed by atoms with van der Waals surface area (Å²) in [6, 6.07) is 6.30. The van der Waals surface area contributed by atoms with E-state index in [0.717, 1.165) is 25.9 Å². The molecule has 1 aromatic rings. The molecule has 20 heavy (non-hydrogen) atoms. The number of nitrogens with one attached hydrogen (secondary N) is 1. The summed E-state index contributed by atoms with van der Waals surface area (Å²) in [5, 5.41) is 2.76. The van der Waals surface area contributed by atoms with E-state index in [4.69, 9.17) is 5.73 Å². The van der Waals surface area contributed by atoms with Crippen molar-refractivity contribution in [2.24, 2.45) is 11.7 Å². The topological polar surface area (TPSA) is 58.4 Å². The maximum Gasteiger partial charge on any atom is 0.224 e. The van der Waals surface area contributed by atoms with Crippen LogP contribution in [0.2, 0.25) is 0 Å². The van der Waals surface area contributed by atoms with Crippen molar-refractivity contribution < 1.29 is 4.79 Å². The molecule has 4 nitrogen and oxygen atoms in total. The van der Waals surface area contributed by atoms with Gasteiger partial charge in [-0.05, 0) is 31.2 Å². The number of anilines is 1. The molecule has 1 aliphatic heterocycles. The van der Waals surface area contributed by atoms with Crippen molar-refractivity contribution in [1.82, 2.24) is 5.32 Å². The molecule has 0 spiro atoms. The zero-order chi connectivity index (χ0) is 14.5. The van der Waals surface area contributed by atoms with Gasteiger partial charge in [0.05, 0.1) is 5.92 Å². The average molecular weight is 293 g/mol. The van der Waals surface area contributed by atoms with E-state index in [2.05, 4.69) is 34.7 Å². The first-order chi connectivity index (χ1) is 9.71. The third-order valence-electron chi connectivity index (χ3n) is 3.91. The molecule has 1 atom stereocenters. The van der Waals surface area contributed by atoms with Gasteiger partial charge in [0.25, 0.3) is 0 Å². The molecule has 1 fully saturated rings. The molecule has 1 heterocycles. The summed E-state index contributed by atoms with van der Waals surface area (Å²) < 4.78 is 0. The number of benzene rings is 1. The van der Waals surface area contributed by atoms with Gasteiger partial charge in [-0.3, -0.25) is 4.79 Å². The molecule has 1 amide bonds. The SMILES string of the molecule is CNC(=O)C1CCCN(c2cccc(SC)c2CN)C1. The second kappa shape index (κ2) is 6.99. The van der Waals surface area contributed by atoms with Crippen LogP contribution in [-0.2, 0) is 11.3 Å². The molecule has 0 saturated carbocycles. The smallest absolute Gasteiger partial charge is 0.224 e. The Morgan fingerprint density at radius 1 is 1.55 bits per heavy atom. The zero-order valence-corrected chi connectivity index (χ0v) is 13.0. The third-order valence-corrected chi connectivity index (χ3v) is 4.73. The molecule has 110 valence electrons. The highest BCUT2D eigenvalue weighted by Crippen LogP contribution is 2.32. The van der Waals surface area contributed by atoms with Crippen LogP contribution in [-0.4, -0.2) is 32.3 Å². The van der Waals surface area contributed by atoms with Crippen molar-refractivity contribution in [3.05, 3.63) is 23.8 Å². The molecule has 2 rings (SSSR count). The number of rotatable bonds is 4. The van der Waals surface area contributed by atoms with Crippen LogP contribution in [0.1, 0.15) is 18.4 Å². The molecule has 1 saturated heterocycles. The predicted octanol–water partition coefficient (Wildman–Crippen LogP) is 1.83. The minimum absolute atomic E-state index is 0.0808. The summed E-state index contributed by atoms with van der Waals surface area (Å²) in [5.74, 6) is 0.224. The Morgan fingerprint density at radius 3 is 3.00 bits per heavy atom. The fourth-order valence-corrected chi connectivity index (χ4v) is 3.51. The van der Waals surface area contributed by atoms with E-state index in [1.807, 2.05) is 0 Å². The number of amides is 1. The normalized spacial score (nSPS) is 18.9. The minimum atomic E-state index is 0.0808. The number of carbonyl (C=O) groups is 1. The van der Waals surface area contributed by atoms with Gasteiger partial charge in [0.2, 0.25) is 5.91 Å². The molecule has 0 radical (unpaired) electrons. The first-order valence-corrected chi connectivity index (χ1v) is 8.26. The molecular formula is C15H23N3OS. The van der Waals surface area contributed by atoms with Crippen molar-refractivity contribution in [2.75, 3.05) is 31.3 Å². The molecule has 1 aliphatic rings. The van der Waals surface area contributed by atoms with Gasteiger partial charge in [0.15, 0.2) is 0 Å². The van der Waals surface area contributed by atoms with Gasteiger partial charge in [-0.2, -0.15) is 0 Å². The fourth-order valence-electron chi connectivity index (χ4n) is 2.86. The van der Waals surface area contributed by atoms with Crippen molar-refractivity contribution in [2.45, 2.75) is 24.3 Å². The highest BCUT2D eigenvalue weighted by molar-refractivity contribution is 7.98. The lowest BCUT2D eigenvalue weighted by atomic mass is 9.96. The number of hydrogen-bond donors (Lipinski definition) is 2. The van der Waals surface area contributed by atoms with Crippen LogP contribution in [0.25, 0.3) is 0 Å². The minimum Gasteiger partial charge on any atom is -0.370 e. The third kappa shape index (κ3) is 3.10. The monoisotopic (exact) mass is 293 g/mol. The Hall–Kier alpha value is -1.20. The summed E-state index contributed by atoms with van der Waals surface area (Å²) in [4.78, 5) is 15.4. The van der Waals surface area contributed by atoms with E-state index in [9.17, 15) is 4.79 Å². The van der Waals surface area contributed by atoms with E-state index < -0.39 is 0 Å². The van der Waals surface area contributed by atoms with Gasteiger partial charge in [-0.25, -0.2) is 0 Å². The summed E-state index contributed by atoms with van der Waals surface area (Å²) >= 11 is 1.72. The van der Waals surface area contributed by atoms with E-state index >= 15 is 0 Å². The lowest BCUT2D eigenvalue weighted by Crippen LogP contribution is -2.42. The maximum absolute atomic E-state index is 11.9. The van der Waals surface area contributed by atoms with Gasteiger partial charge < -0.3 is 16.0 Å². The van der Waals surface area contributed by atoms with Crippen LogP contribution >= 0.6 is 11.8 Å². The fraction of sp³-hybridized carbons (Fsp3) is 0.533. The molecule has 0 aromatic heterocycles. The molecule has 5 heteroatoms. The van der Waals surface area contributed by atoms with Gasteiger partial charge >= 0.3 is 0 Å². The molecule has 1 unspecified atom stereocenters. The Labute approximate surface area is 125 Å². The number of hydrogen-bond acceptors (Lipinski definition) is 4. The second-order valence-corrected chi connectivity index (χ2v) is 5.91. The lowest BCUT2D eigenvalue weighted by Gasteiger charge is -2.35. The maximum atomic E-state index is 11.9. The standard InChI is InChI=1S/C15H23N3OS/c1-17-15(19)11-5-4-8-18(10-11)13-6-3-7-14(20-2)12(13)9-16/h3,6-7,11H,4-5,8-10,16H2,1-2H3,(H,17,19). The van der Waals surface area contributed by atoms with Crippen LogP contribution in [0.15, 0.2) is 23.1 Å². The number of thioether (sulfide) groups is 1. The summed E-state index contributed by atoms with van der Waals surface area (Å²) in [6.07, 6.45) is 4.09. The number of piperidine rings is 1. The van der Waals surface area contributed by atoms with Crippen molar-refractivity contribution >= 4 is 23.4 Å².